The molecule has 0 saturated carbocycles. The first-order valence-corrected chi connectivity index (χ1v) is 13.2. The normalized spacial score (nSPS) is 11.5. The van der Waals surface area contributed by atoms with Gasteiger partial charge in [-0.1, -0.05) is 93.4 Å². The molecule has 0 saturated heterocycles. The minimum Gasteiger partial charge on any atom is -0.135 e. The summed E-state index contributed by atoms with van der Waals surface area (Å²) in [5.74, 6) is 0. The molecule has 33 heavy (non-hydrogen) atoms. The summed E-state index contributed by atoms with van der Waals surface area (Å²) in [6.45, 7) is 4.58. The lowest BCUT2D eigenvalue weighted by Gasteiger charge is -2.18. The number of hydrogen-bond donors (Lipinski definition) is 0. The zero-order chi connectivity index (χ0) is 22.6. The first kappa shape index (κ1) is 21.9. The number of aryl methyl sites for hydroxylation is 2. The summed E-state index contributed by atoms with van der Waals surface area (Å²) >= 11 is 1.89. The highest BCUT2D eigenvalue weighted by molar-refractivity contribution is 7.18. The molecular formula is C32H32S. The van der Waals surface area contributed by atoms with Crippen molar-refractivity contribution < 1.29 is 0 Å². The predicted molar refractivity (Wildman–Crippen MR) is 147 cm³/mol. The highest BCUT2D eigenvalue weighted by atomic mass is 32.1. The Hall–Kier alpha value is -2.90. The summed E-state index contributed by atoms with van der Waals surface area (Å²) in [5, 5.41) is 5.83. The molecule has 0 aliphatic heterocycles. The molecule has 0 nitrogen and oxygen atoms in total. The van der Waals surface area contributed by atoms with E-state index in [0.29, 0.717) is 0 Å². The van der Waals surface area contributed by atoms with Crippen LogP contribution in [0.1, 0.15) is 50.7 Å². The fraction of sp³-hybridized carbons (Fsp3) is 0.250. The summed E-state index contributed by atoms with van der Waals surface area (Å²) in [7, 11) is 0. The van der Waals surface area contributed by atoms with Crippen LogP contribution in [0, 0.1) is 0 Å². The van der Waals surface area contributed by atoms with Gasteiger partial charge < -0.3 is 0 Å². The topological polar surface area (TPSA) is 0 Å². The molecule has 0 radical (unpaired) electrons. The molecule has 4 aromatic carbocycles. The van der Waals surface area contributed by atoms with Crippen LogP contribution in [-0.4, -0.2) is 0 Å². The van der Waals surface area contributed by atoms with Crippen molar-refractivity contribution in [3.63, 3.8) is 0 Å². The largest absolute Gasteiger partial charge is 0.135 e. The maximum Gasteiger partial charge on any atom is 0.0349 e. The van der Waals surface area contributed by atoms with Crippen molar-refractivity contribution in [2.75, 3.05) is 0 Å². The molecule has 1 aromatic heterocycles. The van der Waals surface area contributed by atoms with Crippen molar-refractivity contribution in [3.8, 4) is 20.9 Å². The number of benzene rings is 4. The predicted octanol–water partition coefficient (Wildman–Crippen LogP) is 10.1. The van der Waals surface area contributed by atoms with E-state index in [1.165, 1.54) is 79.2 Å². The third-order valence-electron chi connectivity index (χ3n) is 6.76. The molecule has 1 heterocycles. The average molecular weight is 449 g/mol. The summed E-state index contributed by atoms with van der Waals surface area (Å²) < 4.78 is 0. The van der Waals surface area contributed by atoms with Crippen LogP contribution in [0.15, 0.2) is 84.9 Å². The Balaban J connectivity index is 1.69. The van der Waals surface area contributed by atoms with Gasteiger partial charge in [-0.15, -0.1) is 11.3 Å². The van der Waals surface area contributed by atoms with Crippen LogP contribution in [0.2, 0.25) is 0 Å². The number of rotatable bonds is 8. The minimum absolute atomic E-state index is 1.14. The van der Waals surface area contributed by atoms with E-state index in [1.807, 2.05) is 11.3 Å². The lowest BCUT2D eigenvalue weighted by molar-refractivity contribution is 0.797. The standard InChI is InChI=1S/C32H32S/c1-3-5-14-25-26-16-10-11-17-27(26)28(15-6-4-2)30-22-24(18-19-29(25)30)32-21-20-31(33-32)23-12-8-7-9-13-23/h7-13,16-22H,3-6,14-15H2,1-2H3. The first-order valence-electron chi connectivity index (χ1n) is 12.4. The summed E-state index contributed by atoms with van der Waals surface area (Å²) in [6, 6.07) is 31.6. The monoisotopic (exact) mass is 448 g/mol. The van der Waals surface area contributed by atoms with E-state index in [9.17, 15) is 0 Å². The quantitative estimate of drug-likeness (QED) is 0.207. The molecule has 0 atom stereocenters. The third-order valence-corrected chi connectivity index (χ3v) is 7.94. The Morgan fingerprint density at radius 2 is 1.06 bits per heavy atom. The molecule has 5 aromatic rings. The molecule has 166 valence electrons. The van der Waals surface area contributed by atoms with Crippen LogP contribution in [0.3, 0.4) is 0 Å². The fourth-order valence-electron chi connectivity index (χ4n) is 5.01. The third kappa shape index (κ3) is 4.35. The zero-order valence-corrected chi connectivity index (χ0v) is 20.6. The van der Waals surface area contributed by atoms with Gasteiger partial charge in [0.05, 0.1) is 0 Å². The second-order valence-electron chi connectivity index (χ2n) is 9.00. The second-order valence-corrected chi connectivity index (χ2v) is 10.1. The molecule has 0 fully saturated rings. The van der Waals surface area contributed by atoms with E-state index in [1.54, 1.807) is 0 Å². The molecule has 0 N–H and O–H groups in total. The Kier molecular flexibility index (Phi) is 6.60. The highest BCUT2D eigenvalue weighted by Gasteiger charge is 2.15. The summed E-state index contributed by atoms with van der Waals surface area (Å²) in [4.78, 5) is 2.68. The number of fused-ring (bicyclic) bond motifs is 2. The van der Waals surface area contributed by atoms with Gasteiger partial charge in [0.2, 0.25) is 0 Å². The van der Waals surface area contributed by atoms with Crippen LogP contribution >= 0.6 is 11.3 Å². The Labute approximate surface area is 201 Å². The summed E-state index contributed by atoms with van der Waals surface area (Å²) in [6.07, 6.45) is 7.21. The Bertz CT molecular complexity index is 1370. The Morgan fingerprint density at radius 1 is 0.515 bits per heavy atom. The molecule has 0 aliphatic rings. The van der Waals surface area contributed by atoms with Crippen molar-refractivity contribution in [2.24, 2.45) is 0 Å². The van der Waals surface area contributed by atoms with E-state index in [4.69, 9.17) is 0 Å². The van der Waals surface area contributed by atoms with Gasteiger partial charge in [0.15, 0.2) is 0 Å². The smallest absolute Gasteiger partial charge is 0.0349 e. The maximum absolute atomic E-state index is 2.48. The van der Waals surface area contributed by atoms with E-state index in [0.717, 1.165) is 12.8 Å². The van der Waals surface area contributed by atoms with Gasteiger partial charge >= 0.3 is 0 Å². The molecule has 0 spiro atoms. The van der Waals surface area contributed by atoms with Gasteiger partial charge in [0.1, 0.15) is 0 Å². The van der Waals surface area contributed by atoms with Crippen LogP contribution in [0.25, 0.3) is 42.4 Å². The van der Waals surface area contributed by atoms with E-state index < -0.39 is 0 Å². The van der Waals surface area contributed by atoms with Gasteiger partial charge in [-0.2, -0.15) is 0 Å². The summed E-state index contributed by atoms with van der Waals surface area (Å²) in [5.41, 5.74) is 5.70. The van der Waals surface area contributed by atoms with E-state index in [2.05, 4.69) is 98.8 Å². The van der Waals surface area contributed by atoms with Crippen molar-refractivity contribution >= 4 is 32.9 Å². The van der Waals surface area contributed by atoms with Crippen LogP contribution < -0.4 is 0 Å². The van der Waals surface area contributed by atoms with Crippen molar-refractivity contribution in [2.45, 2.75) is 52.4 Å². The van der Waals surface area contributed by atoms with Crippen LogP contribution in [0.4, 0.5) is 0 Å². The van der Waals surface area contributed by atoms with Gasteiger partial charge in [-0.05, 0) is 87.7 Å². The van der Waals surface area contributed by atoms with Crippen molar-refractivity contribution in [1.82, 2.24) is 0 Å². The zero-order valence-electron chi connectivity index (χ0n) is 19.7. The average Bonchev–Trinajstić information content (AvgIpc) is 3.37. The lowest BCUT2D eigenvalue weighted by atomic mass is 9.87. The van der Waals surface area contributed by atoms with Crippen molar-refractivity contribution in [1.29, 1.82) is 0 Å². The van der Waals surface area contributed by atoms with E-state index >= 15 is 0 Å². The Morgan fingerprint density at radius 3 is 1.70 bits per heavy atom. The first-order chi connectivity index (χ1) is 16.3. The molecule has 5 rings (SSSR count). The molecule has 0 bridgehead atoms. The fourth-order valence-corrected chi connectivity index (χ4v) is 6.01. The van der Waals surface area contributed by atoms with Gasteiger partial charge in [-0.25, -0.2) is 0 Å². The molecular weight excluding hydrogens is 416 g/mol. The molecule has 0 aliphatic carbocycles. The number of thiophene rings is 1. The number of unbranched alkanes of at least 4 members (excludes halogenated alkanes) is 2. The minimum atomic E-state index is 1.14. The number of hydrogen-bond acceptors (Lipinski definition) is 1. The SMILES string of the molecule is CCCCc1c2ccccc2c(CCCC)c2cc(-c3ccc(-c4ccccc4)s3)ccc12. The maximum atomic E-state index is 2.48. The van der Waals surface area contributed by atoms with E-state index in [-0.39, 0.29) is 0 Å². The van der Waals surface area contributed by atoms with Gasteiger partial charge in [0.25, 0.3) is 0 Å². The van der Waals surface area contributed by atoms with Crippen molar-refractivity contribution in [3.05, 3.63) is 96.1 Å². The van der Waals surface area contributed by atoms with Gasteiger partial charge in [0, 0.05) is 9.75 Å². The van der Waals surface area contributed by atoms with Gasteiger partial charge in [-0.3, -0.25) is 0 Å². The van der Waals surface area contributed by atoms with Crippen LogP contribution in [-0.2, 0) is 12.8 Å². The molecule has 0 unspecified atom stereocenters. The van der Waals surface area contributed by atoms with Crippen LogP contribution in [0.5, 0.6) is 0 Å². The highest BCUT2D eigenvalue weighted by Crippen LogP contribution is 2.39. The second kappa shape index (κ2) is 9.93. The molecule has 1 heteroatoms. The lowest BCUT2D eigenvalue weighted by Crippen LogP contribution is -1.97. The molecule has 0 amide bonds.